The van der Waals surface area contributed by atoms with Crippen LogP contribution in [0.1, 0.15) is 25.8 Å². The molecule has 1 aromatic rings. The van der Waals surface area contributed by atoms with Crippen LogP contribution in [0.2, 0.25) is 0 Å². The van der Waals surface area contributed by atoms with Gasteiger partial charge in [0.1, 0.15) is 12.6 Å². The van der Waals surface area contributed by atoms with Crippen LogP contribution < -0.4 is 11.1 Å². The lowest BCUT2D eigenvalue weighted by atomic mass is 10.1. The highest BCUT2D eigenvalue weighted by Gasteiger charge is 2.21. The Labute approximate surface area is 131 Å². The zero-order valence-corrected chi connectivity index (χ0v) is 13.1. The first-order valence-corrected chi connectivity index (χ1v) is 7.36. The molecule has 1 aromatic carbocycles. The van der Waals surface area contributed by atoms with Crippen LogP contribution in [0.3, 0.4) is 0 Å². The van der Waals surface area contributed by atoms with E-state index < -0.39 is 18.1 Å². The first-order valence-electron chi connectivity index (χ1n) is 7.36. The molecular weight excluding hydrogens is 284 g/mol. The van der Waals surface area contributed by atoms with Crippen LogP contribution >= 0.6 is 0 Å². The second-order valence-corrected chi connectivity index (χ2v) is 5.34. The zero-order valence-electron chi connectivity index (χ0n) is 13.1. The number of amides is 1. The maximum atomic E-state index is 11.8. The van der Waals surface area contributed by atoms with Gasteiger partial charge in [-0.3, -0.25) is 0 Å². The lowest BCUT2D eigenvalue weighted by molar-refractivity contribution is -0.146. The summed E-state index contributed by atoms with van der Waals surface area (Å²) in [6, 6.07) is 8.37. The van der Waals surface area contributed by atoms with Crippen molar-refractivity contribution in [1.29, 1.82) is 0 Å². The summed E-state index contributed by atoms with van der Waals surface area (Å²) in [6.45, 7) is 4.47. The molecule has 0 aromatic heterocycles. The van der Waals surface area contributed by atoms with Crippen molar-refractivity contribution in [3.8, 4) is 0 Å². The summed E-state index contributed by atoms with van der Waals surface area (Å²) in [4.78, 5) is 23.5. The summed E-state index contributed by atoms with van der Waals surface area (Å²) in [7, 11) is 0. The monoisotopic (exact) mass is 308 g/mol. The predicted octanol–water partition coefficient (Wildman–Crippen LogP) is 1.83. The van der Waals surface area contributed by atoms with Gasteiger partial charge in [-0.05, 0) is 17.9 Å². The van der Waals surface area contributed by atoms with Crippen LogP contribution in [0.25, 0.3) is 0 Å². The third-order valence-corrected chi connectivity index (χ3v) is 2.96. The topological polar surface area (TPSA) is 90.6 Å². The van der Waals surface area contributed by atoms with Crippen LogP contribution in [0.5, 0.6) is 0 Å². The van der Waals surface area contributed by atoms with Gasteiger partial charge < -0.3 is 20.5 Å². The van der Waals surface area contributed by atoms with Crippen molar-refractivity contribution in [3.05, 3.63) is 35.9 Å². The Morgan fingerprint density at radius 1 is 1.18 bits per heavy atom. The number of carbonyl (C=O) groups excluding carboxylic acids is 2. The molecule has 6 heteroatoms. The van der Waals surface area contributed by atoms with E-state index in [4.69, 9.17) is 15.2 Å². The van der Waals surface area contributed by atoms with Crippen LogP contribution in [0, 0.1) is 5.92 Å². The molecule has 122 valence electrons. The maximum absolute atomic E-state index is 11.8. The molecule has 1 amide bonds. The number of alkyl carbamates (subject to hydrolysis) is 1. The Bertz CT molecular complexity index is 462. The summed E-state index contributed by atoms with van der Waals surface area (Å²) >= 11 is 0. The largest absolute Gasteiger partial charge is 0.464 e. The summed E-state index contributed by atoms with van der Waals surface area (Å²) in [5.74, 6) is -0.104. The number of nitrogens with two attached hydrogens (primary N) is 1. The van der Waals surface area contributed by atoms with Gasteiger partial charge in [0.15, 0.2) is 0 Å². The van der Waals surface area contributed by atoms with Gasteiger partial charge in [0, 0.05) is 6.54 Å². The fraction of sp³-hybridized carbons (Fsp3) is 0.500. The normalized spacial score (nSPS) is 11.8. The highest BCUT2D eigenvalue weighted by atomic mass is 16.6. The van der Waals surface area contributed by atoms with Crippen LogP contribution in [0.15, 0.2) is 30.3 Å². The molecule has 1 rings (SSSR count). The summed E-state index contributed by atoms with van der Waals surface area (Å²) < 4.78 is 10.1. The smallest absolute Gasteiger partial charge is 0.408 e. The second-order valence-electron chi connectivity index (χ2n) is 5.34. The standard InChI is InChI=1S/C16H24N2O4/c1-12(2)8-9-21-15(19)14(10-17)18-16(20)22-11-13-6-4-3-5-7-13/h3-7,12,14H,8-11,17H2,1-2H3,(H,18,20). The van der Waals surface area contributed by atoms with E-state index >= 15 is 0 Å². The summed E-state index contributed by atoms with van der Waals surface area (Å²) in [6.07, 6.45) is 0.0710. The molecule has 6 nitrogen and oxygen atoms in total. The van der Waals surface area contributed by atoms with E-state index in [0.29, 0.717) is 12.5 Å². The van der Waals surface area contributed by atoms with Crippen molar-refractivity contribution in [3.63, 3.8) is 0 Å². The molecule has 1 atom stereocenters. The molecule has 0 heterocycles. The average Bonchev–Trinajstić information content (AvgIpc) is 2.51. The van der Waals surface area contributed by atoms with Crippen molar-refractivity contribution in [1.82, 2.24) is 5.32 Å². The van der Waals surface area contributed by atoms with Gasteiger partial charge in [-0.2, -0.15) is 0 Å². The Hall–Kier alpha value is -2.08. The fourth-order valence-corrected chi connectivity index (χ4v) is 1.62. The molecule has 0 spiro atoms. The third kappa shape index (κ3) is 7.08. The number of esters is 1. The number of hydrogen-bond donors (Lipinski definition) is 2. The van der Waals surface area contributed by atoms with Gasteiger partial charge >= 0.3 is 12.1 Å². The van der Waals surface area contributed by atoms with E-state index in [1.54, 1.807) is 0 Å². The molecule has 0 aliphatic rings. The molecule has 0 fully saturated rings. The van der Waals surface area contributed by atoms with E-state index in [1.807, 2.05) is 44.2 Å². The molecular formula is C16H24N2O4. The predicted molar refractivity (Wildman–Crippen MR) is 83.0 cm³/mol. The quantitative estimate of drug-likeness (QED) is 0.715. The number of rotatable bonds is 8. The molecule has 0 aliphatic heterocycles. The van der Waals surface area contributed by atoms with E-state index in [0.717, 1.165) is 12.0 Å². The number of carbonyl (C=O) groups is 2. The summed E-state index contributed by atoms with van der Waals surface area (Å²) in [5.41, 5.74) is 6.35. The minimum atomic E-state index is -0.893. The molecule has 0 saturated carbocycles. The first-order chi connectivity index (χ1) is 10.5. The van der Waals surface area contributed by atoms with Crippen molar-refractivity contribution in [2.24, 2.45) is 11.7 Å². The Kier molecular flexibility index (Phi) is 7.99. The lowest BCUT2D eigenvalue weighted by Crippen LogP contribution is -2.46. The van der Waals surface area contributed by atoms with Crippen molar-refractivity contribution in [2.45, 2.75) is 32.9 Å². The van der Waals surface area contributed by atoms with Crippen molar-refractivity contribution in [2.75, 3.05) is 13.2 Å². The number of ether oxygens (including phenoxy) is 2. The lowest BCUT2D eigenvalue weighted by Gasteiger charge is -2.16. The van der Waals surface area contributed by atoms with Gasteiger partial charge in [0.25, 0.3) is 0 Å². The van der Waals surface area contributed by atoms with E-state index in [1.165, 1.54) is 0 Å². The minimum absolute atomic E-state index is 0.0407. The summed E-state index contributed by atoms with van der Waals surface area (Å²) in [5, 5.41) is 2.41. The zero-order chi connectivity index (χ0) is 16.4. The highest BCUT2D eigenvalue weighted by molar-refractivity contribution is 5.81. The Balaban J connectivity index is 2.34. The molecule has 22 heavy (non-hydrogen) atoms. The molecule has 0 saturated heterocycles. The van der Waals surface area contributed by atoms with E-state index in [-0.39, 0.29) is 13.2 Å². The van der Waals surface area contributed by atoms with Crippen LogP contribution in [-0.2, 0) is 20.9 Å². The van der Waals surface area contributed by atoms with Gasteiger partial charge in [-0.25, -0.2) is 9.59 Å². The van der Waals surface area contributed by atoms with Crippen molar-refractivity contribution >= 4 is 12.1 Å². The molecule has 0 aliphatic carbocycles. The van der Waals surface area contributed by atoms with E-state index in [2.05, 4.69) is 5.32 Å². The number of hydrogen-bond acceptors (Lipinski definition) is 5. The van der Waals surface area contributed by atoms with Gasteiger partial charge in [-0.1, -0.05) is 44.2 Å². The average molecular weight is 308 g/mol. The van der Waals surface area contributed by atoms with Gasteiger partial charge in [0.2, 0.25) is 0 Å². The van der Waals surface area contributed by atoms with Crippen molar-refractivity contribution < 1.29 is 19.1 Å². The SMILES string of the molecule is CC(C)CCOC(=O)C(CN)NC(=O)OCc1ccccc1. The number of benzene rings is 1. The molecule has 0 bridgehead atoms. The first kappa shape index (κ1) is 18.0. The Morgan fingerprint density at radius 3 is 2.45 bits per heavy atom. The van der Waals surface area contributed by atoms with Crippen LogP contribution in [0.4, 0.5) is 4.79 Å². The van der Waals surface area contributed by atoms with Crippen LogP contribution in [-0.4, -0.2) is 31.3 Å². The molecule has 3 N–H and O–H groups in total. The van der Waals surface area contributed by atoms with E-state index in [9.17, 15) is 9.59 Å². The number of nitrogens with one attached hydrogen (secondary N) is 1. The molecule has 0 radical (unpaired) electrons. The highest BCUT2D eigenvalue weighted by Crippen LogP contribution is 2.02. The Morgan fingerprint density at radius 2 is 1.86 bits per heavy atom. The van der Waals surface area contributed by atoms with Gasteiger partial charge in [-0.15, -0.1) is 0 Å². The third-order valence-electron chi connectivity index (χ3n) is 2.96. The minimum Gasteiger partial charge on any atom is -0.464 e. The van der Waals surface area contributed by atoms with Gasteiger partial charge in [0.05, 0.1) is 6.61 Å². The fourth-order valence-electron chi connectivity index (χ4n) is 1.62. The maximum Gasteiger partial charge on any atom is 0.408 e. The second kappa shape index (κ2) is 9.78. The molecule has 1 unspecified atom stereocenters.